The van der Waals surface area contributed by atoms with E-state index in [9.17, 15) is 14.0 Å². The highest BCUT2D eigenvalue weighted by atomic mass is 19.1. The second kappa shape index (κ2) is 7.78. The number of nitrogens with zero attached hydrogens (tertiary/aromatic N) is 5. The fraction of sp³-hybridized carbons (Fsp3) is 0.143. The number of benzene rings is 2. The number of aromatic nitrogens is 4. The van der Waals surface area contributed by atoms with Crippen molar-refractivity contribution in [2.24, 2.45) is 19.2 Å². The van der Waals surface area contributed by atoms with Crippen molar-refractivity contribution in [2.75, 3.05) is 5.43 Å². The third kappa shape index (κ3) is 3.52. The first kappa shape index (κ1) is 19.3. The molecule has 152 valence electrons. The van der Waals surface area contributed by atoms with Gasteiger partial charge in [-0.1, -0.05) is 42.5 Å². The monoisotopic (exact) mass is 406 g/mol. The maximum Gasteiger partial charge on any atom is 0.332 e. The molecule has 4 aromatic rings. The number of hydrogen-bond donors (Lipinski definition) is 1. The van der Waals surface area contributed by atoms with Gasteiger partial charge >= 0.3 is 5.69 Å². The maximum absolute atomic E-state index is 13.3. The Bertz CT molecular complexity index is 1350. The molecular formula is C21H19FN6O2. The lowest BCUT2D eigenvalue weighted by atomic mass is 10.2. The normalized spacial score (nSPS) is 11.4. The smallest absolute Gasteiger partial charge is 0.298 e. The van der Waals surface area contributed by atoms with E-state index in [-0.39, 0.29) is 23.5 Å². The molecule has 0 amide bonds. The molecular weight excluding hydrogens is 387 g/mol. The van der Waals surface area contributed by atoms with E-state index in [4.69, 9.17) is 0 Å². The first-order chi connectivity index (χ1) is 14.5. The van der Waals surface area contributed by atoms with Gasteiger partial charge in [0.15, 0.2) is 11.2 Å². The van der Waals surface area contributed by atoms with Crippen LogP contribution in [0, 0.1) is 5.82 Å². The summed E-state index contributed by atoms with van der Waals surface area (Å²) >= 11 is 0. The van der Waals surface area contributed by atoms with Crippen LogP contribution in [0.5, 0.6) is 0 Å². The van der Waals surface area contributed by atoms with E-state index in [1.165, 1.54) is 23.7 Å². The number of nitrogens with one attached hydrogen (secondary N) is 1. The molecule has 2 heterocycles. The Hall–Kier alpha value is -4.01. The zero-order valence-corrected chi connectivity index (χ0v) is 16.4. The molecule has 0 unspecified atom stereocenters. The summed E-state index contributed by atoms with van der Waals surface area (Å²) < 4.78 is 17.3. The molecule has 0 saturated heterocycles. The molecule has 0 aliphatic carbocycles. The van der Waals surface area contributed by atoms with Gasteiger partial charge in [0.05, 0.1) is 12.8 Å². The fourth-order valence-electron chi connectivity index (χ4n) is 3.16. The van der Waals surface area contributed by atoms with Crippen molar-refractivity contribution in [3.05, 3.63) is 92.4 Å². The lowest BCUT2D eigenvalue weighted by Crippen LogP contribution is -2.37. The minimum absolute atomic E-state index is 0.239. The maximum atomic E-state index is 13.3. The number of anilines is 1. The summed E-state index contributed by atoms with van der Waals surface area (Å²) in [4.78, 5) is 29.6. The van der Waals surface area contributed by atoms with Crippen molar-refractivity contribution in [1.29, 1.82) is 0 Å². The van der Waals surface area contributed by atoms with Crippen LogP contribution in [0.1, 0.15) is 11.1 Å². The van der Waals surface area contributed by atoms with E-state index in [0.29, 0.717) is 5.95 Å². The molecule has 0 aliphatic heterocycles. The molecule has 8 nitrogen and oxygen atoms in total. The third-order valence-electron chi connectivity index (χ3n) is 4.78. The summed E-state index contributed by atoms with van der Waals surface area (Å²) in [6.07, 6.45) is 1.62. The van der Waals surface area contributed by atoms with Gasteiger partial charge in [-0.2, -0.15) is 10.1 Å². The molecule has 0 fully saturated rings. The Kier molecular flexibility index (Phi) is 5.01. The Balaban J connectivity index is 1.83. The number of imidazole rings is 1. The zero-order valence-electron chi connectivity index (χ0n) is 16.4. The number of aryl methyl sites for hydroxylation is 1. The van der Waals surface area contributed by atoms with Crippen LogP contribution < -0.4 is 16.7 Å². The van der Waals surface area contributed by atoms with Crippen LogP contribution in [-0.4, -0.2) is 24.9 Å². The highest BCUT2D eigenvalue weighted by Gasteiger charge is 2.19. The molecule has 0 saturated carbocycles. The van der Waals surface area contributed by atoms with Gasteiger partial charge in [-0.3, -0.25) is 18.5 Å². The quantitative estimate of drug-likeness (QED) is 0.406. The average molecular weight is 406 g/mol. The van der Waals surface area contributed by atoms with Gasteiger partial charge < -0.3 is 0 Å². The average Bonchev–Trinajstić information content (AvgIpc) is 3.11. The number of rotatable bonds is 5. The summed E-state index contributed by atoms with van der Waals surface area (Å²) in [5.74, 6) is -0.0573. The molecule has 2 aromatic heterocycles. The first-order valence-electron chi connectivity index (χ1n) is 9.20. The second-order valence-corrected chi connectivity index (χ2v) is 6.81. The molecule has 0 bridgehead atoms. The summed E-state index contributed by atoms with van der Waals surface area (Å²) in [6, 6.07) is 15.4. The van der Waals surface area contributed by atoms with Gasteiger partial charge in [-0.25, -0.2) is 14.6 Å². The molecule has 0 spiro atoms. The minimum Gasteiger partial charge on any atom is -0.298 e. The lowest BCUT2D eigenvalue weighted by molar-refractivity contribution is 0.626. The molecule has 0 aliphatic rings. The van der Waals surface area contributed by atoms with E-state index < -0.39 is 11.2 Å². The fourth-order valence-corrected chi connectivity index (χ4v) is 3.16. The van der Waals surface area contributed by atoms with E-state index in [1.807, 2.05) is 30.3 Å². The van der Waals surface area contributed by atoms with Crippen LogP contribution in [0.15, 0.2) is 69.3 Å². The lowest BCUT2D eigenvalue weighted by Gasteiger charge is -2.09. The van der Waals surface area contributed by atoms with E-state index in [1.54, 1.807) is 30.0 Å². The van der Waals surface area contributed by atoms with E-state index >= 15 is 0 Å². The van der Waals surface area contributed by atoms with Crippen LogP contribution in [0.2, 0.25) is 0 Å². The van der Waals surface area contributed by atoms with Crippen molar-refractivity contribution < 1.29 is 4.39 Å². The Morgan fingerprint density at radius 3 is 2.43 bits per heavy atom. The van der Waals surface area contributed by atoms with Crippen molar-refractivity contribution in [3.8, 4) is 0 Å². The van der Waals surface area contributed by atoms with Crippen LogP contribution in [-0.2, 0) is 20.6 Å². The summed E-state index contributed by atoms with van der Waals surface area (Å²) in [6.45, 7) is 0.243. The minimum atomic E-state index is -0.474. The highest BCUT2D eigenvalue weighted by molar-refractivity contribution is 5.80. The predicted molar refractivity (Wildman–Crippen MR) is 113 cm³/mol. The number of hydrazone groups is 1. The van der Waals surface area contributed by atoms with E-state index in [2.05, 4.69) is 15.5 Å². The zero-order chi connectivity index (χ0) is 21.3. The first-order valence-corrected chi connectivity index (χ1v) is 9.20. The summed E-state index contributed by atoms with van der Waals surface area (Å²) in [7, 11) is 2.97. The molecule has 0 radical (unpaired) electrons. The largest absolute Gasteiger partial charge is 0.332 e. The van der Waals surface area contributed by atoms with Crippen LogP contribution >= 0.6 is 0 Å². The van der Waals surface area contributed by atoms with Crippen molar-refractivity contribution in [3.63, 3.8) is 0 Å². The number of hydrogen-bond acceptors (Lipinski definition) is 5. The highest BCUT2D eigenvalue weighted by Crippen LogP contribution is 2.18. The van der Waals surface area contributed by atoms with Crippen LogP contribution in [0.25, 0.3) is 11.2 Å². The molecule has 2 aromatic carbocycles. The topological polar surface area (TPSA) is 86.2 Å². The second-order valence-electron chi connectivity index (χ2n) is 6.81. The van der Waals surface area contributed by atoms with Crippen molar-refractivity contribution >= 4 is 23.3 Å². The Morgan fingerprint density at radius 1 is 1.03 bits per heavy atom. The summed E-state index contributed by atoms with van der Waals surface area (Å²) in [5.41, 5.74) is 4.06. The van der Waals surface area contributed by atoms with Crippen molar-refractivity contribution in [2.45, 2.75) is 6.54 Å². The number of fused-ring (bicyclic) bond motifs is 1. The molecule has 1 N–H and O–H groups in total. The third-order valence-corrected chi connectivity index (χ3v) is 4.78. The summed E-state index contributed by atoms with van der Waals surface area (Å²) in [5, 5.41) is 4.21. The van der Waals surface area contributed by atoms with Crippen LogP contribution in [0.3, 0.4) is 0 Å². The van der Waals surface area contributed by atoms with Crippen LogP contribution in [0.4, 0.5) is 10.3 Å². The standard InChI is InChI=1S/C21H19FN6O2/c1-26-18-17(19(29)27(2)21(26)30)28(13-15-8-10-16(22)11-9-15)20(24-18)25-23-12-14-6-4-3-5-7-14/h3-12H,13H2,1-2H3,(H,24,25)/b23-12-. The van der Waals surface area contributed by atoms with Gasteiger partial charge in [0.2, 0.25) is 5.95 Å². The van der Waals surface area contributed by atoms with Gasteiger partial charge in [-0.15, -0.1) is 0 Å². The Morgan fingerprint density at radius 2 is 1.73 bits per heavy atom. The predicted octanol–water partition coefficient (Wildman–Crippen LogP) is 2.07. The number of halogens is 1. The van der Waals surface area contributed by atoms with Gasteiger partial charge in [-0.05, 0) is 23.3 Å². The SMILES string of the molecule is Cn1c(=O)c2c(nc(N/N=C\c3ccccc3)n2Cc2ccc(F)cc2)n(C)c1=O. The van der Waals surface area contributed by atoms with Crippen molar-refractivity contribution in [1.82, 2.24) is 18.7 Å². The molecule has 9 heteroatoms. The molecule has 30 heavy (non-hydrogen) atoms. The molecule has 0 atom stereocenters. The molecule has 4 rings (SSSR count). The van der Waals surface area contributed by atoms with Gasteiger partial charge in [0.1, 0.15) is 5.82 Å². The van der Waals surface area contributed by atoms with Gasteiger partial charge in [0.25, 0.3) is 5.56 Å². The Labute approximate surface area is 170 Å². The van der Waals surface area contributed by atoms with Gasteiger partial charge in [0, 0.05) is 14.1 Å². The van der Waals surface area contributed by atoms with E-state index in [0.717, 1.165) is 15.7 Å².